The van der Waals surface area contributed by atoms with Crippen LogP contribution in [-0.4, -0.2) is 7.05 Å². The molecule has 0 aromatic heterocycles. The molecule has 0 amide bonds. The highest BCUT2D eigenvalue weighted by Crippen LogP contribution is 2.11. The van der Waals surface area contributed by atoms with Gasteiger partial charge in [-0.15, -0.1) is 0 Å². The largest absolute Gasteiger partial charge is 0.394 e. The van der Waals surface area contributed by atoms with Gasteiger partial charge < -0.3 is 5.32 Å². The van der Waals surface area contributed by atoms with E-state index in [-0.39, 0.29) is 0 Å². The molecule has 0 fully saturated rings. The first kappa shape index (κ1) is 8.85. The van der Waals surface area contributed by atoms with E-state index in [1.54, 1.807) is 0 Å². The van der Waals surface area contributed by atoms with E-state index in [1.165, 1.54) is 16.7 Å². The summed E-state index contributed by atoms with van der Waals surface area (Å²) in [5, 5.41) is 2.98. The predicted molar refractivity (Wildman–Crippen MR) is 54.0 cm³/mol. The van der Waals surface area contributed by atoms with Gasteiger partial charge in [0.2, 0.25) is 0 Å². The number of hydrogen-bond acceptors (Lipinski definition) is 1. The summed E-state index contributed by atoms with van der Waals surface area (Å²) in [6, 6.07) is 6.46. The fourth-order valence-electron chi connectivity index (χ4n) is 1.11. The summed E-state index contributed by atoms with van der Waals surface area (Å²) in [6.07, 6.45) is 4.03. The van der Waals surface area contributed by atoms with Gasteiger partial charge in [0, 0.05) is 7.05 Å². The lowest BCUT2D eigenvalue weighted by molar-refractivity contribution is 1.11. The zero-order valence-corrected chi connectivity index (χ0v) is 7.89. The van der Waals surface area contributed by atoms with Crippen molar-refractivity contribution in [2.24, 2.45) is 0 Å². The molecule has 0 unspecified atom stereocenters. The van der Waals surface area contributed by atoms with Crippen LogP contribution in [0, 0.1) is 13.8 Å². The first-order valence-electron chi connectivity index (χ1n) is 4.15. The molecule has 1 nitrogen and oxygen atoms in total. The maximum Gasteiger partial charge on any atom is 0.00277 e. The Labute approximate surface area is 74.1 Å². The molecule has 0 heterocycles. The van der Waals surface area contributed by atoms with E-state index in [0.29, 0.717) is 0 Å². The molecule has 0 aliphatic carbocycles. The Morgan fingerprint density at radius 2 is 2.00 bits per heavy atom. The van der Waals surface area contributed by atoms with Crippen molar-refractivity contribution in [1.29, 1.82) is 0 Å². The van der Waals surface area contributed by atoms with Crippen LogP contribution in [0.5, 0.6) is 0 Å². The average molecular weight is 161 g/mol. The van der Waals surface area contributed by atoms with E-state index in [4.69, 9.17) is 0 Å². The average Bonchev–Trinajstić information content (AvgIpc) is 2.07. The summed E-state index contributed by atoms with van der Waals surface area (Å²) in [7, 11) is 1.90. The van der Waals surface area contributed by atoms with Crippen molar-refractivity contribution in [3.63, 3.8) is 0 Å². The van der Waals surface area contributed by atoms with E-state index in [9.17, 15) is 0 Å². The zero-order chi connectivity index (χ0) is 8.97. The minimum absolute atomic E-state index is 1.28. The maximum atomic E-state index is 2.98. The topological polar surface area (TPSA) is 12.0 Å². The fourth-order valence-corrected chi connectivity index (χ4v) is 1.11. The molecular formula is C11H15N. The molecule has 0 saturated carbocycles. The Hall–Kier alpha value is -1.24. The van der Waals surface area contributed by atoms with Gasteiger partial charge in [-0.1, -0.05) is 23.8 Å². The molecule has 1 rings (SSSR count). The summed E-state index contributed by atoms with van der Waals surface area (Å²) < 4.78 is 0. The molecule has 0 aliphatic rings. The van der Waals surface area contributed by atoms with Crippen LogP contribution < -0.4 is 5.32 Å². The highest BCUT2D eigenvalue weighted by atomic mass is 14.8. The molecule has 1 N–H and O–H groups in total. The van der Waals surface area contributed by atoms with E-state index in [1.807, 2.05) is 13.2 Å². The van der Waals surface area contributed by atoms with Gasteiger partial charge in [0.25, 0.3) is 0 Å². The maximum absolute atomic E-state index is 2.98. The second-order valence-corrected chi connectivity index (χ2v) is 2.98. The lowest BCUT2D eigenvalue weighted by atomic mass is 10.1. The third kappa shape index (κ3) is 2.12. The number of nitrogens with one attached hydrogen (secondary N) is 1. The first-order valence-corrected chi connectivity index (χ1v) is 4.15. The Morgan fingerprint density at radius 3 is 2.67 bits per heavy atom. The molecule has 0 aliphatic heterocycles. The van der Waals surface area contributed by atoms with Gasteiger partial charge in [-0.3, -0.25) is 0 Å². The van der Waals surface area contributed by atoms with Crippen LogP contribution in [0.1, 0.15) is 16.7 Å². The van der Waals surface area contributed by atoms with Crippen LogP contribution in [0.25, 0.3) is 6.08 Å². The number of hydrogen-bond donors (Lipinski definition) is 1. The third-order valence-corrected chi connectivity index (χ3v) is 1.86. The molecule has 0 bridgehead atoms. The van der Waals surface area contributed by atoms with Crippen LogP contribution >= 0.6 is 0 Å². The smallest absolute Gasteiger partial charge is 0.00277 e. The van der Waals surface area contributed by atoms with Crippen molar-refractivity contribution in [2.75, 3.05) is 7.05 Å². The van der Waals surface area contributed by atoms with E-state index < -0.39 is 0 Å². The minimum atomic E-state index is 1.28. The van der Waals surface area contributed by atoms with Gasteiger partial charge in [0.15, 0.2) is 0 Å². The molecule has 0 saturated heterocycles. The SMILES string of the molecule is CN/C=C\c1cc(C)ccc1C. The summed E-state index contributed by atoms with van der Waals surface area (Å²) >= 11 is 0. The van der Waals surface area contributed by atoms with Crippen LogP contribution in [0.2, 0.25) is 0 Å². The van der Waals surface area contributed by atoms with Crippen molar-refractivity contribution in [1.82, 2.24) is 5.32 Å². The Balaban J connectivity index is 2.97. The first-order chi connectivity index (χ1) is 5.74. The second kappa shape index (κ2) is 3.96. The minimum Gasteiger partial charge on any atom is -0.394 e. The van der Waals surface area contributed by atoms with Crippen molar-refractivity contribution < 1.29 is 0 Å². The highest BCUT2D eigenvalue weighted by molar-refractivity contribution is 5.54. The number of aryl methyl sites for hydroxylation is 2. The molecule has 12 heavy (non-hydrogen) atoms. The molecule has 1 aromatic carbocycles. The lowest BCUT2D eigenvalue weighted by Crippen LogP contribution is -1.91. The van der Waals surface area contributed by atoms with Gasteiger partial charge >= 0.3 is 0 Å². The molecule has 1 heteroatoms. The molecule has 0 radical (unpaired) electrons. The van der Waals surface area contributed by atoms with Gasteiger partial charge in [0.1, 0.15) is 0 Å². The molecule has 1 aromatic rings. The quantitative estimate of drug-likeness (QED) is 0.702. The van der Waals surface area contributed by atoms with Gasteiger partial charge in [0.05, 0.1) is 0 Å². The van der Waals surface area contributed by atoms with Crippen LogP contribution in [0.15, 0.2) is 24.4 Å². The van der Waals surface area contributed by atoms with E-state index in [2.05, 4.69) is 43.4 Å². The predicted octanol–water partition coefficient (Wildman–Crippen LogP) is 2.49. The van der Waals surface area contributed by atoms with Gasteiger partial charge in [-0.05, 0) is 37.3 Å². The number of benzene rings is 1. The van der Waals surface area contributed by atoms with Crippen molar-refractivity contribution >= 4 is 6.08 Å². The van der Waals surface area contributed by atoms with Gasteiger partial charge in [-0.2, -0.15) is 0 Å². The van der Waals surface area contributed by atoms with Gasteiger partial charge in [-0.25, -0.2) is 0 Å². The van der Waals surface area contributed by atoms with Crippen molar-refractivity contribution in [3.8, 4) is 0 Å². The summed E-state index contributed by atoms with van der Waals surface area (Å²) in [6.45, 7) is 4.23. The van der Waals surface area contributed by atoms with Crippen molar-refractivity contribution in [2.45, 2.75) is 13.8 Å². The summed E-state index contributed by atoms with van der Waals surface area (Å²) in [5.74, 6) is 0. The molecule has 0 atom stereocenters. The Kier molecular flexibility index (Phi) is 2.92. The standard InChI is InChI=1S/C11H15N/c1-9-4-5-10(2)11(8-9)6-7-12-3/h4-8,12H,1-3H3/b7-6-. The monoisotopic (exact) mass is 161 g/mol. The van der Waals surface area contributed by atoms with Crippen molar-refractivity contribution in [3.05, 3.63) is 41.1 Å². The lowest BCUT2D eigenvalue weighted by Gasteiger charge is -2.01. The molecule has 64 valence electrons. The second-order valence-electron chi connectivity index (χ2n) is 2.98. The molecule has 0 spiro atoms. The highest BCUT2D eigenvalue weighted by Gasteiger charge is 1.92. The number of rotatable bonds is 2. The fraction of sp³-hybridized carbons (Fsp3) is 0.273. The summed E-state index contributed by atoms with van der Waals surface area (Å²) in [4.78, 5) is 0. The van der Waals surface area contributed by atoms with Crippen LogP contribution in [-0.2, 0) is 0 Å². The van der Waals surface area contributed by atoms with E-state index in [0.717, 1.165) is 0 Å². The molecular weight excluding hydrogens is 146 g/mol. The summed E-state index contributed by atoms with van der Waals surface area (Å²) in [5.41, 5.74) is 3.90. The Bertz CT molecular complexity index is 287. The van der Waals surface area contributed by atoms with E-state index >= 15 is 0 Å². The van der Waals surface area contributed by atoms with Crippen LogP contribution in [0.4, 0.5) is 0 Å². The van der Waals surface area contributed by atoms with Crippen LogP contribution in [0.3, 0.4) is 0 Å². The zero-order valence-electron chi connectivity index (χ0n) is 7.89. The third-order valence-electron chi connectivity index (χ3n) is 1.86. The Morgan fingerprint density at radius 1 is 1.25 bits per heavy atom. The normalized spacial score (nSPS) is 10.6.